The Hall–Kier alpha value is -0.500. The first-order valence-electron chi connectivity index (χ1n) is 4.51. The molecule has 0 aliphatic rings. The van der Waals surface area contributed by atoms with Crippen LogP contribution in [0.15, 0.2) is 24.3 Å². The van der Waals surface area contributed by atoms with E-state index in [1.807, 2.05) is 18.2 Å². The van der Waals surface area contributed by atoms with Crippen LogP contribution in [0.1, 0.15) is 5.56 Å². The summed E-state index contributed by atoms with van der Waals surface area (Å²) in [7, 11) is 0. The van der Waals surface area contributed by atoms with Crippen molar-refractivity contribution in [2.75, 3.05) is 5.88 Å². The molecule has 0 spiro atoms. The number of halogens is 3. The van der Waals surface area contributed by atoms with Gasteiger partial charge in [0.25, 0.3) is 0 Å². The lowest BCUT2D eigenvalue weighted by atomic mass is 10.1. The third kappa shape index (κ3) is 2.36. The van der Waals surface area contributed by atoms with Gasteiger partial charge in [0.1, 0.15) is 5.15 Å². The van der Waals surface area contributed by atoms with Gasteiger partial charge in [-0.2, -0.15) is 0 Å². The number of nitrogens with zero attached hydrogens (tertiary/aromatic N) is 1. The fraction of sp³-hybridized carbons (Fsp3) is 0.182. The molecule has 0 N–H and O–H groups in total. The van der Waals surface area contributed by atoms with Crippen molar-refractivity contribution in [1.29, 1.82) is 0 Å². The highest BCUT2D eigenvalue weighted by atomic mass is 35.5. The van der Waals surface area contributed by atoms with Crippen molar-refractivity contribution in [2.24, 2.45) is 0 Å². The summed E-state index contributed by atoms with van der Waals surface area (Å²) in [6, 6.07) is 7.51. The van der Waals surface area contributed by atoms with E-state index >= 15 is 0 Å². The summed E-state index contributed by atoms with van der Waals surface area (Å²) < 4.78 is 0. The number of hydrogen-bond acceptors (Lipinski definition) is 1. The van der Waals surface area contributed by atoms with Crippen LogP contribution in [0.25, 0.3) is 10.9 Å². The van der Waals surface area contributed by atoms with Crippen molar-refractivity contribution in [3.63, 3.8) is 0 Å². The molecule has 0 saturated heterocycles. The van der Waals surface area contributed by atoms with Crippen LogP contribution in [0.5, 0.6) is 0 Å². The van der Waals surface area contributed by atoms with E-state index in [0.717, 1.165) is 22.9 Å². The maximum Gasteiger partial charge on any atom is 0.133 e. The van der Waals surface area contributed by atoms with Crippen molar-refractivity contribution >= 4 is 45.7 Å². The molecule has 15 heavy (non-hydrogen) atoms. The highest BCUT2D eigenvalue weighted by Crippen LogP contribution is 2.23. The zero-order valence-electron chi connectivity index (χ0n) is 7.80. The molecule has 0 fully saturated rings. The first-order valence-corrected chi connectivity index (χ1v) is 5.80. The standard InChI is InChI=1S/C11H8Cl3N/c12-4-3-7-5-8-6-9(13)1-2-10(8)15-11(7)14/h1-2,5-6H,3-4H2. The molecule has 0 bridgehead atoms. The van der Waals surface area contributed by atoms with Crippen molar-refractivity contribution < 1.29 is 0 Å². The van der Waals surface area contributed by atoms with Gasteiger partial charge in [0, 0.05) is 16.3 Å². The van der Waals surface area contributed by atoms with Crippen LogP contribution in [-0.2, 0) is 6.42 Å². The van der Waals surface area contributed by atoms with E-state index in [1.165, 1.54) is 0 Å². The number of hydrogen-bond donors (Lipinski definition) is 0. The van der Waals surface area contributed by atoms with Gasteiger partial charge in [0.05, 0.1) is 5.52 Å². The minimum absolute atomic E-state index is 0.519. The van der Waals surface area contributed by atoms with E-state index in [9.17, 15) is 0 Å². The smallest absolute Gasteiger partial charge is 0.133 e. The van der Waals surface area contributed by atoms with Crippen LogP contribution >= 0.6 is 34.8 Å². The summed E-state index contributed by atoms with van der Waals surface area (Å²) >= 11 is 17.6. The van der Waals surface area contributed by atoms with E-state index in [4.69, 9.17) is 34.8 Å². The predicted octanol–water partition coefficient (Wildman–Crippen LogP) is 4.32. The SMILES string of the molecule is ClCCc1cc2cc(Cl)ccc2nc1Cl. The lowest BCUT2D eigenvalue weighted by molar-refractivity contribution is 1.13. The molecule has 0 atom stereocenters. The number of rotatable bonds is 2. The minimum atomic E-state index is 0.519. The molecule has 0 unspecified atom stereocenters. The van der Waals surface area contributed by atoms with Gasteiger partial charge in [-0.25, -0.2) is 4.98 Å². The monoisotopic (exact) mass is 259 g/mol. The van der Waals surface area contributed by atoms with Gasteiger partial charge in [-0.15, -0.1) is 11.6 Å². The van der Waals surface area contributed by atoms with Crippen molar-refractivity contribution in [3.05, 3.63) is 40.0 Å². The molecule has 4 heteroatoms. The molecule has 0 amide bonds. The summed E-state index contributed by atoms with van der Waals surface area (Å²) in [6.45, 7) is 0. The molecule has 2 rings (SSSR count). The Balaban J connectivity index is 2.61. The molecule has 0 radical (unpaired) electrons. The molecular formula is C11H8Cl3N. The molecule has 0 aliphatic heterocycles. The molecule has 0 saturated carbocycles. The molecular weight excluding hydrogens is 252 g/mol. The van der Waals surface area contributed by atoms with E-state index in [1.54, 1.807) is 6.07 Å². The summed E-state index contributed by atoms with van der Waals surface area (Å²) in [5, 5.41) is 2.21. The number of aromatic nitrogens is 1. The zero-order chi connectivity index (χ0) is 10.8. The quantitative estimate of drug-likeness (QED) is 0.579. The molecule has 1 nitrogen and oxygen atoms in total. The average Bonchev–Trinajstić information content (AvgIpc) is 2.20. The van der Waals surface area contributed by atoms with Crippen LogP contribution in [0, 0.1) is 0 Å². The number of fused-ring (bicyclic) bond motifs is 1. The topological polar surface area (TPSA) is 12.9 Å². The van der Waals surface area contributed by atoms with Gasteiger partial charge < -0.3 is 0 Å². The van der Waals surface area contributed by atoms with Crippen LogP contribution in [0.4, 0.5) is 0 Å². The second-order valence-electron chi connectivity index (χ2n) is 3.21. The van der Waals surface area contributed by atoms with Crippen LogP contribution in [0.3, 0.4) is 0 Å². The Labute approximate surface area is 103 Å². The molecule has 2 aromatic rings. The highest BCUT2D eigenvalue weighted by Gasteiger charge is 2.04. The highest BCUT2D eigenvalue weighted by molar-refractivity contribution is 6.32. The predicted molar refractivity (Wildman–Crippen MR) is 66.2 cm³/mol. The van der Waals surface area contributed by atoms with Crippen molar-refractivity contribution in [3.8, 4) is 0 Å². The average molecular weight is 261 g/mol. The van der Waals surface area contributed by atoms with E-state index < -0.39 is 0 Å². The molecule has 78 valence electrons. The van der Waals surface area contributed by atoms with Gasteiger partial charge in [-0.05, 0) is 36.2 Å². The van der Waals surface area contributed by atoms with Gasteiger partial charge in [0.2, 0.25) is 0 Å². The minimum Gasteiger partial charge on any atom is -0.236 e. The summed E-state index contributed by atoms with van der Waals surface area (Å²) in [5.41, 5.74) is 1.81. The maximum absolute atomic E-state index is 6.02. The maximum atomic E-state index is 6.02. The molecule has 1 aromatic heterocycles. The normalized spacial score (nSPS) is 10.9. The second kappa shape index (κ2) is 4.56. The van der Waals surface area contributed by atoms with Gasteiger partial charge >= 0.3 is 0 Å². The summed E-state index contributed by atoms with van der Waals surface area (Å²) in [6.07, 6.45) is 0.718. The fourth-order valence-electron chi connectivity index (χ4n) is 1.44. The largest absolute Gasteiger partial charge is 0.236 e. The number of aryl methyl sites for hydroxylation is 1. The zero-order valence-corrected chi connectivity index (χ0v) is 10.1. The Bertz CT molecular complexity index is 496. The van der Waals surface area contributed by atoms with Crippen LogP contribution in [-0.4, -0.2) is 10.9 Å². The Morgan fingerprint density at radius 2 is 1.93 bits per heavy atom. The van der Waals surface area contributed by atoms with Gasteiger partial charge in [0.15, 0.2) is 0 Å². The number of benzene rings is 1. The van der Waals surface area contributed by atoms with E-state index in [0.29, 0.717) is 16.1 Å². The fourth-order valence-corrected chi connectivity index (χ4v) is 2.07. The third-order valence-electron chi connectivity index (χ3n) is 2.17. The van der Waals surface area contributed by atoms with Crippen LogP contribution < -0.4 is 0 Å². The Morgan fingerprint density at radius 1 is 1.13 bits per heavy atom. The van der Waals surface area contributed by atoms with Gasteiger partial charge in [-0.1, -0.05) is 23.2 Å². The van der Waals surface area contributed by atoms with Gasteiger partial charge in [-0.3, -0.25) is 0 Å². The Morgan fingerprint density at radius 3 is 2.67 bits per heavy atom. The lowest BCUT2D eigenvalue weighted by Gasteiger charge is -2.04. The molecule has 1 heterocycles. The van der Waals surface area contributed by atoms with E-state index in [2.05, 4.69) is 4.98 Å². The number of pyridine rings is 1. The van der Waals surface area contributed by atoms with Crippen LogP contribution in [0.2, 0.25) is 10.2 Å². The number of alkyl halides is 1. The van der Waals surface area contributed by atoms with Crippen molar-refractivity contribution in [1.82, 2.24) is 4.98 Å². The summed E-state index contributed by atoms with van der Waals surface area (Å²) in [5.74, 6) is 0.535. The lowest BCUT2D eigenvalue weighted by Crippen LogP contribution is -1.91. The second-order valence-corrected chi connectivity index (χ2v) is 4.39. The summed E-state index contributed by atoms with van der Waals surface area (Å²) in [4.78, 5) is 4.28. The third-order valence-corrected chi connectivity index (χ3v) is 2.92. The first kappa shape index (κ1) is 11.0. The molecule has 1 aromatic carbocycles. The Kier molecular flexibility index (Phi) is 3.35. The van der Waals surface area contributed by atoms with E-state index in [-0.39, 0.29) is 0 Å². The van der Waals surface area contributed by atoms with Crippen molar-refractivity contribution in [2.45, 2.75) is 6.42 Å². The first-order chi connectivity index (χ1) is 7.20. The molecule has 0 aliphatic carbocycles.